The largest absolute Gasteiger partial charge is 0.744 e. The SMILES string of the molecule is Cc1cccc(C)c1N(CCOCCSc1ccccc1)c1ccc2c(-c3ccccc3S(=O)(=O)[O-])c3ccc(=[N+](CCOCCSc4ccccc4)c4c(C)cccc4C)cc-3oc2c1. The van der Waals surface area contributed by atoms with Gasteiger partial charge in [-0.05, 0) is 87.4 Å². The summed E-state index contributed by atoms with van der Waals surface area (Å²) < 4.78 is 60.4. The number of hydrogen-bond acceptors (Lipinski definition) is 9. The molecule has 1 aliphatic heterocycles. The first-order valence-electron chi connectivity index (χ1n) is 22.1. The highest BCUT2D eigenvalue weighted by molar-refractivity contribution is 7.99. The van der Waals surface area contributed by atoms with Crippen LogP contribution in [0.3, 0.4) is 0 Å². The molecule has 0 N–H and O–H groups in total. The first-order valence-corrected chi connectivity index (χ1v) is 25.5. The van der Waals surface area contributed by atoms with Crippen LogP contribution in [0.15, 0.2) is 177 Å². The number of thioether (sulfide) groups is 2. The summed E-state index contributed by atoms with van der Waals surface area (Å²) in [5.41, 5.74) is 9.68. The van der Waals surface area contributed by atoms with Crippen LogP contribution < -0.4 is 14.8 Å². The first kappa shape index (κ1) is 46.9. The van der Waals surface area contributed by atoms with Crippen LogP contribution in [-0.2, 0) is 19.6 Å². The van der Waals surface area contributed by atoms with Gasteiger partial charge >= 0.3 is 0 Å². The minimum Gasteiger partial charge on any atom is -0.744 e. The molecule has 6 aromatic rings. The quantitative estimate of drug-likeness (QED) is 0.0258. The monoisotopic (exact) mass is 934 g/mol. The predicted molar refractivity (Wildman–Crippen MR) is 271 cm³/mol. The van der Waals surface area contributed by atoms with Gasteiger partial charge in [0.05, 0.1) is 30.8 Å². The molecule has 0 radical (unpaired) electrons. The molecule has 66 heavy (non-hydrogen) atoms. The van der Waals surface area contributed by atoms with Crippen LogP contribution in [0.2, 0.25) is 0 Å². The molecule has 1 aliphatic carbocycles. The average Bonchev–Trinajstić information content (AvgIpc) is 3.31. The van der Waals surface area contributed by atoms with Gasteiger partial charge in [0.1, 0.15) is 28.1 Å². The lowest BCUT2D eigenvalue weighted by Gasteiger charge is -2.29. The van der Waals surface area contributed by atoms with Crippen molar-refractivity contribution < 1.29 is 26.9 Å². The molecule has 0 fully saturated rings. The fourth-order valence-electron chi connectivity index (χ4n) is 8.57. The average molecular weight is 935 g/mol. The highest BCUT2D eigenvalue weighted by Gasteiger charge is 2.25. The summed E-state index contributed by atoms with van der Waals surface area (Å²) in [4.78, 5) is 4.40. The Kier molecular flexibility index (Phi) is 15.4. The molecule has 0 saturated heterocycles. The van der Waals surface area contributed by atoms with E-state index in [2.05, 4.69) is 97.8 Å². The van der Waals surface area contributed by atoms with E-state index < -0.39 is 10.1 Å². The Morgan fingerprint density at radius 2 is 1.20 bits per heavy atom. The van der Waals surface area contributed by atoms with Crippen LogP contribution in [-0.4, -0.2) is 64.0 Å². The van der Waals surface area contributed by atoms with Gasteiger partial charge in [-0.2, -0.15) is 4.58 Å². The van der Waals surface area contributed by atoms with Crippen molar-refractivity contribution in [1.29, 1.82) is 0 Å². The molecule has 0 aromatic heterocycles. The van der Waals surface area contributed by atoms with Crippen LogP contribution in [0, 0.1) is 27.7 Å². The topological polar surface area (TPSA) is 95.1 Å². The summed E-state index contributed by atoms with van der Waals surface area (Å²) in [6.07, 6.45) is 0. The maximum Gasteiger partial charge on any atom is 0.211 e. The van der Waals surface area contributed by atoms with E-state index in [0.29, 0.717) is 72.9 Å². The van der Waals surface area contributed by atoms with Crippen LogP contribution in [0.25, 0.3) is 33.4 Å². The Hall–Kier alpha value is -5.66. The Balaban J connectivity index is 1.22. The second-order valence-electron chi connectivity index (χ2n) is 16.1. The molecule has 0 unspecified atom stereocenters. The maximum atomic E-state index is 12.9. The molecule has 0 atom stereocenters. The molecule has 6 aromatic carbocycles. The Morgan fingerprint density at radius 3 is 1.83 bits per heavy atom. The van der Waals surface area contributed by atoms with Crippen molar-refractivity contribution in [2.24, 2.45) is 0 Å². The minimum absolute atomic E-state index is 0.286. The van der Waals surface area contributed by atoms with E-state index in [0.717, 1.165) is 56.2 Å². The third-order valence-electron chi connectivity index (χ3n) is 11.6. The number of fused-ring (bicyclic) bond motifs is 2. The van der Waals surface area contributed by atoms with Crippen molar-refractivity contribution in [2.75, 3.05) is 55.9 Å². The van der Waals surface area contributed by atoms with Gasteiger partial charge in [-0.3, -0.25) is 0 Å². The van der Waals surface area contributed by atoms with E-state index in [4.69, 9.17) is 13.9 Å². The summed E-state index contributed by atoms with van der Waals surface area (Å²) in [7, 11) is -4.85. The van der Waals surface area contributed by atoms with Gasteiger partial charge in [-0.15, -0.1) is 23.5 Å². The molecule has 0 spiro atoms. The first-order chi connectivity index (χ1) is 32.1. The van der Waals surface area contributed by atoms with Crippen molar-refractivity contribution in [3.63, 3.8) is 0 Å². The zero-order valence-corrected chi connectivity index (χ0v) is 40.2. The normalized spacial score (nSPS) is 12.2. The lowest BCUT2D eigenvalue weighted by Crippen LogP contribution is -2.30. The second-order valence-corrected chi connectivity index (χ2v) is 19.8. The van der Waals surface area contributed by atoms with E-state index >= 15 is 0 Å². The van der Waals surface area contributed by atoms with Crippen LogP contribution in [0.4, 0.5) is 17.1 Å². The molecule has 0 saturated carbocycles. The molecule has 1 heterocycles. The zero-order valence-electron chi connectivity index (χ0n) is 37.7. The van der Waals surface area contributed by atoms with Crippen LogP contribution in [0.5, 0.6) is 0 Å². The zero-order chi connectivity index (χ0) is 46.0. The predicted octanol–water partition coefficient (Wildman–Crippen LogP) is 12.2. The minimum atomic E-state index is -4.85. The van der Waals surface area contributed by atoms with Gasteiger partial charge in [-0.25, -0.2) is 8.42 Å². The smallest absolute Gasteiger partial charge is 0.211 e. The van der Waals surface area contributed by atoms with Gasteiger partial charge < -0.3 is 23.3 Å². The standard InChI is InChI=1S/C55H54N2O6S3/c1-39-15-13-16-40(2)54(39)56(29-31-61-33-35-64-45-19-7-5-8-20-45)43-25-27-47-50(37-43)63-51-38-44(26-28-48(51)53(47)49-23-11-12-24-52(49)66(58,59)60)57(55-41(3)17-14-18-42(55)4)30-32-62-34-36-65-46-21-9-6-10-22-46/h5-28,37-38H,29-36H2,1-4H3. The summed E-state index contributed by atoms with van der Waals surface area (Å²) in [6.45, 7) is 11.8. The third kappa shape index (κ3) is 11.1. The Morgan fingerprint density at radius 1 is 0.606 bits per heavy atom. The summed E-state index contributed by atoms with van der Waals surface area (Å²) in [5.74, 6) is 2.21. The van der Waals surface area contributed by atoms with Gasteiger partial charge in [0.15, 0.2) is 6.54 Å². The lowest BCUT2D eigenvalue weighted by molar-refractivity contribution is 0.151. The number of benzene rings is 7. The Labute approximate surface area is 397 Å². The molecule has 8 rings (SSSR count). The van der Waals surface area contributed by atoms with Crippen LogP contribution in [0.1, 0.15) is 22.3 Å². The second kappa shape index (κ2) is 21.8. The van der Waals surface area contributed by atoms with Gasteiger partial charge in [-0.1, -0.05) is 91.0 Å². The highest BCUT2D eigenvalue weighted by atomic mass is 32.2. The number of para-hydroxylation sites is 2. The van der Waals surface area contributed by atoms with Crippen molar-refractivity contribution in [2.45, 2.75) is 42.4 Å². The molecule has 338 valence electrons. The molecule has 2 aliphatic rings. The highest BCUT2D eigenvalue weighted by Crippen LogP contribution is 2.44. The maximum absolute atomic E-state index is 12.9. The summed E-state index contributed by atoms with van der Waals surface area (Å²) >= 11 is 3.54. The van der Waals surface area contributed by atoms with Gasteiger partial charge in [0.25, 0.3) is 0 Å². The molecule has 0 amide bonds. The number of ether oxygens (including phenoxy) is 2. The molecule has 8 nitrogen and oxygen atoms in total. The lowest BCUT2D eigenvalue weighted by atomic mass is 9.93. The van der Waals surface area contributed by atoms with E-state index in [9.17, 15) is 13.0 Å². The number of hydrogen-bond donors (Lipinski definition) is 0. The third-order valence-corrected chi connectivity index (χ3v) is 14.4. The van der Waals surface area contributed by atoms with Crippen molar-refractivity contribution in [3.05, 3.63) is 185 Å². The molecular weight excluding hydrogens is 881 g/mol. The van der Waals surface area contributed by atoms with Crippen LogP contribution >= 0.6 is 23.5 Å². The fourth-order valence-corrected chi connectivity index (χ4v) is 10.8. The van der Waals surface area contributed by atoms with Gasteiger partial charge in [0.2, 0.25) is 11.0 Å². The van der Waals surface area contributed by atoms with E-state index in [1.54, 1.807) is 41.7 Å². The number of aryl methyl sites for hydroxylation is 4. The van der Waals surface area contributed by atoms with Crippen molar-refractivity contribution >= 4 is 61.7 Å². The van der Waals surface area contributed by atoms with E-state index in [-0.39, 0.29) is 4.90 Å². The van der Waals surface area contributed by atoms with Crippen molar-refractivity contribution in [3.8, 4) is 22.5 Å². The summed E-state index contributed by atoms with van der Waals surface area (Å²) in [6, 6.07) is 51.7. The molecular formula is C55H54N2O6S3. The molecule has 0 bridgehead atoms. The number of nitrogens with zero attached hydrogens (tertiary/aromatic N) is 2. The van der Waals surface area contributed by atoms with Gasteiger partial charge in [0, 0.05) is 84.6 Å². The van der Waals surface area contributed by atoms with E-state index in [1.807, 2.05) is 72.8 Å². The number of anilines is 2. The molecule has 11 heteroatoms. The number of rotatable bonds is 19. The van der Waals surface area contributed by atoms with E-state index in [1.165, 1.54) is 15.9 Å². The fraction of sp³-hybridized carbons (Fsp3) is 0.218. The van der Waals surface area contributed by atoms with Crippen molar-refractivity contribution in [1.82, 2.24) is 4.58 Å². The Bertz CT molecular complexity index is 3040. The summed E-state index contributed by atoms with van der Waals surface area (Å²) in [5, 5.41) is 1.57.